The normalized spacial score (nSPS) is 8.82. The Kier molecular flexibility index (Phi) is 4.89. The molecule has 2 amide bonds. The molecule has 0 aromatic heterocycles. The van der Waals surface area contributed by atoms with E-state index >= 15 is 0 Å². The maximum atomic E-state index is 10.5. The van der Waals surface area contributed by atoms with Crippen LogP contribution in [0.2, 0.25) is 0 Å². The standard InChI is InChI=1S/C6H12N2O3/c1-7-6(11)8-4-2-3-5(9)10/h2-4H2,1H3,(H,9,10)(H2,7,8,11). The van der Waals surface area contributed by atoms with E-state index in [0.29, 0.717) is 13.0 Å². The lowest BCUT2D eigenvalue weighted by Gasteiger charge is -2.01. The van der Waals surface area contributed by atoms with Gasteiger partial charge in [0.2, 0.25) is 0 Å². The third-order valence-electron chi connectivity index (χ3n) is 1.08. The summed E-state index contributed by atoms with van der Waals surface area (Å²) in [5, 5.41) is 13.0. The summed E-state index contributed by atoms with van der Waals surface area (Å²) in [6, 6.07) is -0.282. The first-order valence-electron chi connectivity index (χ1n) is 3.34. The van der Waals surface area contributed by atoms with Gasteiger partial charge in [0.15, 0.2) is 0 Å². The van der Waals surface area contributed by atoms with Crippen molar-refractivity contribution in [2.24, 2.45) is 0 Å². The van der Waals surface area contributed by atoms with Crippen molar-refractivity contribution in [3.05, 3.63) is 0 Å². The van der Waals surface area contributed by atoms with Crippen molar-refractivity contribution in [1.29, 1.82) is 0 Å². The summed E-state index contributed by atoms with van der Waals surface area (Å²) in [6.45, 7) is 0.395. The minimum Gasteiger partial charge on any atom is -0.481 e. The average molecular weight is 160 g/mol. The Hall–Kier alpha value is -1.26. The van der Waals surface area contributed by atoms with Gasteiger partial charge in [-0.05, 0) is 6.42 Å². The summed E-state index contributed by atoms with van der Waals surface area (Å²) < 4.78 is 0. The molecule has 0 bridgehead atoms. The number of carbonyl (C=O) groups is 2. The first-order valence-corrected chi connectivity index (χ1v) is 3.34. The minimum atomic E-state index is -0.844. The fourth-order valence-electron chi connectivity index (χ4n) is 0.530. The van der Waals surface area contributed by atoms with Gasteiger partial charge in [0.1, 0.15) is 0 Å². The minimum absolute atomic E-state index is 0.0873. The van der Waals surface area contributed by atoms with Gasteiger partial charge >= 0.3 is 12.0 Å². The number of aliphatic carboxylic acids is 1. The summed E-state index contributed by atoms with van der Waals surface area (Å²) in [7, 11) is 1.51. The fraction of sp³-hybridized carbons (Fsp3) is 0.667. The molecule has 0 aliphatic rings. The Morgan fingerprint density at radius 3 is 2.55 bits per heavy atom. The number of carboxylic acid groups (broad SMARTS) is 1. The highest BCUT2D eigenvalue weighted by molar-refractivity contribution is 5.73. The lowest BCUT2D eigenvalue weighted by Crippen LogP contribution is -2.33. The second-order valence-corrected chi connectivity index (χ2v) is 2.00. The monoisotopic (exact) mass is 160 g/mol. The van der Waals surface area contributed by atoms with Crippen LogP contribution in [0.5, 0.6) is 0 Å². The number of hydrogen-bond acceptors (Lipinski definition) is 2. The van der Waals surface area contributed by atoms with E-state index in [1.165, 1.54) is 7.05 Å². The van der Waals surface area contributed by atoms with Crippen LogP contribution >= 0.6 is 0 Å². The molecule has 0 heterocycles. The van der Waals surface area contributed by atoms with Crippen molar-refractivity contribution < 1.29 is 14.7 Å². The van der Waals surface area contributed by atoms with Gasteiger partial charge < -0.3 is 15.7 Å². The van der Waals surface area contributed by atoms with Crippen LogP contribution in [0, 0.1) is 0 Å². The van der Waals surface area contributed by atoms with Crippen LogP contribution in [0.15, 0.2) is 0 Å². The topological polar surface area (TPSA) is 78.4 Å². The van der Waals surface area contributed by atoms with Crippen LogP contribution < -0.4 is 10.6 Å². The lowest BCUT2D eigenvalue weighted by molar-refractivity contribution is -0.137. The van der Waals surface area contributed by atoms with Crippen molar-refractivity contribution >= 4 is 12.0 Å². The van der Waals surface area contributed by atoms with Crippen molar-refractivity contribution in [1.82, 2.24) is 10.6 Å². The quantitative estimate of drug-likeness (QED) is 0.497. The molecule has 0 saturated carbocycles. The molecular weight excluding hydrogens is 148 g/mol. The zero-order chi connectivity index (χ0) is 8.69. The van der Waals surface area contributed by atoms with E-state index in [-0.39, 0.29) is 12.5 Å². The predicted octanol–water partition coefficient (Wildman–Crippen LogP) is -0.220. The first-order chi connectivity index (χ1) is 5.16. The number of amides is 2. The summed E-state index contributed by atoms with van der Waals surface area (Å²) in [6.07, 6.45) is 0.548. The van der Waals surface area contributed by atoms with Gasteiger partial charge in [-0.2, -0.15) is 0 Å². The van der Waals surface area contributed by atoms with Gasteiger partial charge in [-0.3, -0.25) is 4.79 Å². The molecule has 5 heteroatoms. The molecule has 0 fully saturated rings. The third-order valence-corrected chi connectivity index (χ3v) is 1.08. The van der Waals surface area contributed by atoms with Crippen molar-refractivity contribution in [3.8, 4) is 0 Å². The third kappa shape index (κ3) is 6.63. The molecule has 64 valence electrons. The van der Waals surface area contributed by atoms with Gasteiger partial charge in [-0.15, -0.1) is 0 Å². The van der Waals surface area contributed by atoms with E-state index in [0.717, 1.165) is 0 Å². The molecule has 11 heavy (non-hydrogen) atoms. The second-order valence-electron chi connectivity index (χ2n) is 2.00. The Bertz CT molecular complexity index is 147. The van der Waals surface area contributed by atoms with Crippen LogP contribution in [-0.4, -0.2) is 30.7 Å². The van der Waals surface area contributed by atoms with Crippen LogP contribution in [0.1, 0.15) is 12.8 Å². The summed E-state index contributed by atoms with van der Waals surface area (Å²) in [5.74, 6) is -0.844. The van der Waals surface area contributed by atoms with E-state index < -0.39 is 5.97 Å². The molecule has 3 N–H and O–H groups in total. The first kappa shape index (κ1) is 9.74. The highest BCUT2D eigenvalue weighted by atomic mass is 16.4. The molecule has 0 radical (unpaired) electrons. The summed E-state index contributed by atoms with van der Waals surface area (Å²) in [5.41, 5.74) is 0. The van der Waals surface area contributed by atoms with Crippen molar-refractivity contribution in [2.45, 2.75) is 12.8 Å². The number of rotatable bonds is 4. The molecule has 0 spiro atoms. The number of nitrogens with one attached hydrogen (secondary N) is 2. The number of carbonyl (C=O) groups excluding carboxylic acids is 1. The Labute approximate surface area is 64.8 Å². The van der Waals surface area contributed by atoms with Crippen LogP contribution in [0.25, 0.3) is 0 Å². The van der Waals surface area contributed by atoms with Gasteiger partial charge in [0, 0.05) is 20.0 Å². The largest absolute Gasteiger partial charge is 0.481 e. The molecule has 0 aliphatic carbocycles. The van der Waals surface area contributed by atoms with Crippen molar-refractivity contribution in [2.75, 3.05) is 13.6 Å². The van der Waals surface area contributed by atoms with Crippen LogP contribution in [0.3, 0.4) is 0 Å². The van der Waals surface area contributed by atoms with Crippen molar-refractivity contribution in [3.63, 3.8) is 0 Å². The van der Waals surface area contributed by atoms with Gasteiger partial charge in [0.05, 0.1) is 0 Å². The van der Waals surface area contributed by atoms with Gasteiger partial charge in [0.25, 0.3) is 0 Å². The smallest absolute Gasteiger partial charge is 0.314 e. The SMILES string of the molecule is CNC(=O)NCCCC(=O)O. The Balaban J connectivity index is 3.14. The summed E-state index contributed by atoms with van der Waals surface area (Å²) >= 11 is 0. The van der Waals surface area contributed by atoms with E-state index in [4.69, 9.17) is 5.11 Å². The second kappa shape index (κ2) is 5.52. The lowest BCUT2D eigenvalue weighted by atomic mass is 10.3. The molecule has 0 saturated heterocycles. The maximum Gasteiger partial charge on any atom is 0.314 e. The van der Waals surface area contributed by atoms with E-state index in [2.05, 4.69) is 10.6 Å². The van der Waals surface area contributed by atoms with Crippen LogP contribution in [-0.2, 0) is 4.79 Å². The predicted molar refractivity (Wildman–Crippen MR) is 39.3 cm³/mol. The molecule has 0 aromatic carbocycles. The van der Waals surface area contributed by atoms with Gasteiger partial charge in [-0.1, -0.05) is 0 Å². The highest BCUT2D eigenvalue weighted by Crippen LogP contribution is 1.85. The molecule has 5 nitrogen and oxygen atoms in total. The Morgan fingerprint density at radius 2 is 2.09 bits per heavy atom. The Morgan fingerprint density at radius 1 is 1.45 bits per heavy atom. The molecule has 0 aromatic rings. The highest BCUT2D eigenvalue weighted by Gasteiger charge is 1.97. The molecular formula is C6H12N2O3. The summed E-state index contributed by atoms with van der Waals surface area (Å²) in [4.78, 5) is 20.5. The number of carboxylic acids is 1. The fourth-order valence-corrected chi connectivity index (χ4v) is 0.530. The van der Waals surface area contributed by atoms with E-state index in [9.17, 15) is 9.59 Å². The number of hydrogen-bond donors (Lipinski definition) is 3. The molecule has 0 atom stereocenters. The molecule has 0 aliphatic heterocycles. The van der Waals surface area contributed by atoms with E-state index in [1.54, 1.807) is 0 Å². The zero-order valence-electron chi connectivity index (χ0n) is 6.39. The molecule has 0 rings (SSSR count). The van der Waals surface area contributed by atoms with Gasteiger partial charge in [-0.25, -0.2) is 4.79 Å². The van der Waals surface area contributed by atoms with Crippen LogP contribution in [0.4, 0.5) is 4.79 Å². The number of urea groups is 1. The maximum absolute atomic E-state index is 10.5. The zero-order valence-corrected chi connectivity index (χ0v) is 6.39. The average Bonchev–Trinajstić information content (AvgIpc) is 1.97. The van der Waals surface area contributed by atoms with E-state index in [1.807, 2.05) is 0 Å². The molecule has 0 unspecified atom stereocenters.